The van der Waals surface area contributed by atoms with E-state index in [9.17, 15) is 14.7 Å². The van der Waals surface area contributed by atoms with Gasteiger partial charge in [0.2, 0.25) is 5.91 Å². The number of anilines is 1. The molecule has 192 valence electrons. The Kier molecular flexibility index (Phi) is 6.72. The fraction of sp³-hybridized carbons (Fsp3) is 0.680. The number of carbonyl (C=O) groups is 2. The van der Waals surface area contributed by atoms with E-state index in [1.54, 1.807) is 25.1 Å². The second kappa shape index (κ2) is 9.38. The molecule has 3 aliphatic heterocycles. The fourth-order valence-corrected chi connectivity index (χ4v) is 6.23. The number of piperidine rings is 1. The van der Waals surface area contributed by atoms with E-state index in [0.717, 1.165) is 51.7 Å². The first kappa shape index (κ1) is 25.1. The van der Waals surface area contributed by atoms with E-state index < -0.39 is 11.8 Å². The lowest BCUT2D eigenvalue weighted by atomic mass is 9.90. The molecule has 0 radical (unpaired) electrons. The third kappa shape index (κ3) is 4.76. The molecule has 4 aliphatic rings. The van der Waals surface area contributed by atoms with Crippen molar-refractivity contribution < 1.29 is 19.4 Å². The molecule has 1 aromatic rings. The van der Waals surface area contributed by atoms with Gasteiger partial charge in [-0.05, 0) is 82.7 Å². The molecule has 4 atom stereocenters. The number of aliphatic hydroxyl groups excluding tert-OH is 1. The molecule has 3 amide bonds. The highest BCUT2D eigenvalue weighted by Gasteiger charge is 2.55. The number of nitrogens with zero attached hydrogens (tertiary/aromatic N) is 3. The number of ether oxygens (including phenoxy) is 1. The van der Waals surface area contributed by atoms with Gasteiger partial charge in [0, 0.05) is 12.2 Å². The maximum absolute atomic E-state index is 13.4. The molecule has 1 spiro atoms. The molecule has 5 rings (SSSR count). The Labute approximate surface area is 216 Å². The molecule has 3 heterocycles. The Morgan fingerprint density at radius 3 is 2.71 bits per heavy atom. The third-order valence-corrected chi connectivity index (χ3v) is 9.13. The van der Waals surface area contributed by atoms with Crippen LogP contribution in [0.5, 0.6) is 0 Å². The van der Waals surface area contributed by atoms with Crippen LogP contribution in [0.4, 0.5) is 10.5 Å². The molecule has 1 aliphatic carbocycles. The van der Waals surface area contributed by atoms with E-state index in [-0.39, 0.29) is 36.0 Å². The number of amides is 3. The van der Waals surface area contributed by atoms with E-state index in [4.69, 9.17) is 27.9 Å². The molecule has 1 saturated carbocycles. The van der Waals surface area contributed by atoms with Gasteiger partial charge in [-0.15, -0.1) is 0 Å². The van der Waals surface area contributed by atoms with Crippen molar-refractivity contribution in [3.05, 3.63) is 28.2 Å². The zero-order chi connectivity index (χ0) is 25.0. The lowest BCUT2D eigenvalue weighted by molar-refractivity contribution is -0.167. The second-order valence-corrected chi connectivity index (χ2v) is 11.6. The van der Waals surface area contributed by atoms with E-state index >= 15 is 0 Å². The highest BCUT2D eigenvalue weighted by atomic mass is 35.5. The molecule has 4 fully saturated rings. The molecule has 35 heavy (non-hydrogen) atoms. The summed E-state index contributed by atoms with van der Waals surface area (Å²) in [7, 11) is 0. The van der Waals surface area contributed by atoms with Gasteiger partial charge in [0.25, 0.3) is 0 Å². The van der Waals surface area contributed by atoms with Crippen LogP contribution in [0.2, 0.25) is 10.0 Å². The molecule has 3 saturated heterocycles. The van der Waals surface area contributed by atoms with Crippen LogP contribution >= 0.6 is 23.2 Å². The molecule has 8 nitrogen and oxygen atoms in total. The number of hydrogen-bond acceptors (Lipinski definition) is 5. The van der Waals surface area contributed by atoms with Crippen molar-refractivity contribution >= 4 is 40.8 Å². The van der Waals surface area contributed by atoms with Gasteiger partial charge in [0.1, 0.15) is 6.04 Å². The standard InChI is InChI=1S/C25H34Cl2N4O4/c1-16-22(33)31-18(4-3-10-29-11-9-25(7-8-25)21(32)13-29)14-35-24(31,2)15-30(16)23(34)28-17-5-6-19(26)20(27)12-17/h5-6,12,16,18,21,32H,3-4,7-11,13-15H2,1-2H3,(H,28,34)/t16-,18-,21+,24?/m0/s1. The lowest BCUT2D eigenvalue weighted by Crippen LogP contribution is -2.67. The summed E-state index contributed by atoms with van der Waals surface area (Å²) < 4.78 is 6.13. The maximum Gasteiger partial charge on any atom is 0.322 e. The molecule has 10 heteroatoms. The summed E-state index contributed by atoms with van der Waals surface area (Å²) >= 11 is 12.0. The Hall–Kier alpha value is -1.58. The number of hydrogen-bond donors (Lipinski definition) is 2. The first-order chi connectivity index (χ1) is 16.6. The van der Waals surface area contributed by atoms with Gasteiger partial charge in [0.15, 0.2) is 5.72 Å². The van der Waals surface area contributed by atoms with Gasteiger partial charge in [-0.3, -0.25) is 4.79 Å². The molecule has 1 aromatic carbocycles. The normalized spacial score (nSPS) is 32.1. The molecule has 2 N–H and O–H groups in total. The summed E-state index contributed by atoms with van der Waals surface area (Å²) in [5.74, 6) is -0.102. The molecule has 1 unspecified atom stereocenters. The topological polar surface area (TPSA) is 85.4 Å². The van der Waals surface area contributed by atoms with Crippen molar-refractivity contribution in [2.75, 3.05) is 38.1 Å². The van der Waals surface area contributed by atoms with Crippen molar-refractivity contribution in [3.63, 3.8) is 0 Å². The minimum Gasteiger partial charge on any atom is -0.391 e. The number of piperazine rings is 1. The number of β-amino-alcohol motifs (C(OH)–C–C–N with tert-alkyl or cyclic N) is 1. The van der Waals surface area contributed by atoms with Gasteiger partial charge in [-0.25, -0.2) is 4.79 Å². The van der Waals surface area contributed by atoms with E-state index in [1.165, 1.54) is 4.90 Å². The Morgan fingerprint density at radius 1 is 1.26 bits per heavy atom. The first-order valence-corrected chi connectivity index (χ1v) is 13.3. The fourth-order valence-electron chi connectivity index (χ4n) is 5.93. The SMILES string of the molecule is C[C@H]1C(=O)N2[C@@H](CCCN3CCC4(CC4)[C@H](O)C3)COC2(C)CN1C(=O)Nc1ccc(Cl)c(Cl)c1. The zero-order valence-electron chi connectivity index (χ0n) is 20.3. The highest BCUT2D eigenvalue weighted by molar-refractivity contribution is 6.42. The van der Waals surface area contributed by atoms with Crippen LogP contribution in [-0.4, -0.2) is 88.4 Å². The van der Waals surface area contributed by atoms with Gasteiger partial charge in [-0.2, -0.15) is 0 Å². The number of fused-ring (bicyclic) bond motifs is 1. The van der Waals surface area contributed by atoms with E-state index in [0.29, 0.717) is 22.3 Å². The van der Waals surface area contributed by atoms with Crippen LogP contribution in [0.3, 0.4) is 0 Å². The smallest absolute Gasteiger partial charge is 0.322 e. The summed E-state index contributed by atoms with van der Waals surface area (Å²) in [4.78, 5) is 32.2. The van der Waals surface area contributed by atoms with Crippen LogP contribution in [-0.2, 0) is 9.53 Å². The monoisotopic (exact) mass is 524 g/mol. The molecule has 0 bridgehead atoms. The van der Waals surface area contributed by atoms with Crippen LogP contribution in [0, 0.1) is 5.41 Å². The van der Waals surface area contributed by atoms with E-state index in [2.05, 4.69) is 10.2 Å². The summed E-state index contributed by atoms with van der Waals surface area (Å²) in [5.41, 5.74) is -0.133. The highest BCUT2D eigenvalue weighted by Crippen LogP contribution is 2.53. The summed E-state index contributed by atoms with van der Waals surface area (Å²) in [5, 5.41) is 14.0. The maximum atomic E-state index is 13.4. The summed E-state index contributed by atoms with van der Waals surface area (Å²) in [6, 6.07) is 3.87. The lowest BCUT2D eigenvalue weighted by Gasteiger charge is -2.47. The number of likely N-dealkylation sites (tertiary alicyclic amines) is 1. The van der Waals surface area contributed by atoms with Crippen molar-refractivity contribution in [2.24, 2.45) is 5.41 Å². The largest absolute Gasteiger partial charge is 0.391 e. The first-order valence-electron chi connectivity index (χ1n) is 12.5. The van der Waals surface area contributed by atoms with Gasteiger partial charge >= 0.3 is 6.03 Å². The van der Waals surface area contributed by atoms with Crippen molar-refractivity contribution in [3.8, 4) is 0 Å². The predicted molar refractivity (Wildman–Crippen MR) is 135 cm³/mol. The van der Waals surface area contributed by atoms with E-state index in [1.807, 2.05) is 11.8 Å². The second-order valence-electron chi connectivity index (χ2n) is 10.8. The number of urea groups is 1. The van der Waals surface area contributed by atoms with Gasteiger partial charge < -0.3 is 29.9 Å². The minimum atomic E-state index is -0.858. The van der Waals surface area contributed by atoms with Crippen molar-refractivity contribution in [2.45, 2.75) is 69.9 Å². The summed E-state index contributed by atoms with van der Waals surface area (Å²) in [6.45, 7) is 7.09. The zero-order valence-corrected chi connectivity index (χ0v) is 21.8. The minimum absolute atomic E-state index is 0.0141. The average Bonchev–Trinajstić information content (AvgIpc) is 3.52. The van der Waals surface area contributed by atoms with Crippen LogP contribution in [0.1, 0.15) is 46.0 Å². The van der Waals surface area contributed by atoms with Gasteiger partial charge in [0.05, 0.1) is 35.3 Å². The number of halogens is 2. The third-order valence-electron chi connectivity index (χ3n) is 8.39. The number of benzene rings is 1. The predicted octanol–water partition coefficient (Wildman–Crippen LogP) is 3.80. The Balaban J connectivity index is 1.17. The number of carbonyl (C=O) groups excluding carboxylic acids is 2. The van der Waals surface area contributed by atoms with Crippen LogP contribution in [0.25, 0.3) is 0 Å². The quantitative estimate of drug-likeness (QED) is 0.611. The Bertz CT molecular complexity index is 1010. The number of rotatable bonds is 5. The van der Waals surface area contributed by atoms with Gasteiger partial charge in [-0.1, -0.05) is 23.2 Å². The number of aliphatic hydroxyl groups is 1. The average molecular weight is 525 g/mol. The number of nitrogens with one attached hydrogen (secondary N) is 1. The summed E-state index contributed by atoms with van der Waals surface area (Å²) in [6.07, 6.45) is 4.97. The molecular weight excluding hydrogens is 491 g/mol. The van der Waals surface area contributed by atoms with Crippen LogP contribution < -0.4 is 5.32 Å². The Morgan fingerprint density at radius 2 is 2.03 bits per heavy atom. The van der Waals surface area contributed by atoms with Crippen LogP contribution in [0.15, 0.2) is 18.2 Å². The van der Waals surface area contributed by atoms with Crippen molar-refractivity contribution in [1.82, 2.24) is 14.7 Å². The molecular formula is C25H34Cl2N4O4. The van der Waals surface area contributed by atoms with Crippen molar-refractivity contribution in [1.29, 1.82) is 0 Å². The molecule has 0 aromatic heterocycles.